The third kappa shape index (κ3) is 2.60. The topological polar surface area (TPSA) is 55.3 Å². The average Bonchev–Trinajstić information content (AvgIpc) is 2.91. The molecule has 0 fully saturated rings. The van der Waals surface area contributed by atoms with Crippen LogP contribution in [-0.4, -0.2) is 9.61 Å². The fraction of sp³-hybridized carbons (Fsp3) is 0.133. The maximum atomic E-state index is 5.74. The normalized spacial score (nSPS) is 12.7. The molecule has 0 bridgehead atoms. The van der Waals surface area contributed by atoms with E-state index in [1.807, 2.05) is 47.2 Å². The summed E-state index contributed by atoms with van der Waals surface area (Å²) in [5.74, 6) is 5.74. The first-order valence-electron chi connectivity index (χ1n) is 6.41. The molecule has 2 aromatic heterocycles. The van der Waals surface area contributed by atoms with Gasteiger partial charge in [-0.3, -0.25) is 11.3 Å². The number of hydrazine groups is 1. The molecule has 3 N–H and O–H groups in total. The van der Waals surface area contributed by atoms with Crippen molar-refractivity contribution >= 4 is 21.4 Å². The Morgan fingerprint density at radius 3 is 2.75 bits per heavy atom. The second-order valence-electron chi connectivity index (χ2n) is 4.68. The number of halogens is 1. The van der Waals surface area contributed by atoms with Gasteiger partial charge in [0, 0.05) is 16.2 Å². The minimum Gasteiger partial charge on any atom is -0.271 e. The zero-order valence-electron chi connectivity index (χ0n) is 10.8. The molecule has 1 unspecified atom stereocenters. The summed E-state index contributed by atoms with van der Waals surface area (Å²) in [7, 11) is 0. The third-order valence-electron chi connectivity index (χ3n) is 3.39. The molecule has 0 saturated carbocycles. The largest absolute Gasteiger partial charge is 0.271 e. The Bertz CT molecular complexity index is 705. The van der Waals surface area contributed by atoms with Crippen molar-refractivity contribution in [1.82, 2.24) is 15.0 Å². The summed E-state index contributed by atoms with van der Waals surface area (Å²) in [6.45, 7) is 0. The van der Waals surface area contributed by atoms with Crippen LogP contribution in [-0.2, 0) is 6.42 Å². The smallest absolute Gasteiger partial charge is 0.0710 e. The number of benzene rings is 1. The van der Waals surface area contributed by atoms with Crippen LogP contribution in [0.3, 0.4) is 0 Å². The van der Waals surface area contributed by atoms with Gasteiger partial charge in [-0.05, 0) is 36.2 Å². The molecule has 0 spiro atoms. The number of pyridine rings is 1. The van der Waals surface area contributed by atoms with E-state index in [2.05, 4.69) is 38.6 Å². The fourth-order valence-electron chi connectivity index (χ4n) is 2.34. The first-order valence-corrected chi connectivity index (χ1v) is 7.20. The number of hydrogen-bond donors (Lipinski definition) is 2. The Hall–Kier alpha value is -1.69. The second-order valence-corrected chi connectivity index (χ2v) is 5.60. The van der Waals surface area contributed by atoms with Crippen molar-refractivity contribution in [3.8, 4) is 0 Å². The van der Waals surface area contributed by atoms with Gasteiger partial charge in [0.2, 0.25) is 0 Å². The summed E-state index contributed by atoms with van der Waals surface area (Å²) in [5.41, 5.74) is 6.31. The first kappa shape index (κ1) is 13.3. The van der Waals surface area contributed by atoms with Gasteiger partial charge in [0.05, 0.1) is 17.8 Å². The SMILES string of the molecule is NNC(Cc1ccc(Br)cc1)c1cnn2ccccc12. The molecule has 5 heteroatoms. The first-order chi connectivity index (χ1) is 9.78. The van der Waals surface area contributed by atoms with E-state index in [4.69, 9.17) is 5.84 Å². The van der Waals surface area contributed by atoms with E-state index in [1.165, 1.54) is 5.56 Å². The molecule has 2 heterocycles. The van der Waals surface area contributed by atoms with Crippen molar-refractivity contribution in [2.75, 3.05) is 0 Å². The number of rotatable bonds is 4. The number of aromatic nitrogens is 2. The lowest BCUT2D eigenvalue weighted by molar-refractivity contribution is 0.555. The highest BCUT2D eigenvalue weighted by atomic mass is 79.9. The molecule has 0 aliphatic heterocycles. The highest BCUT2D eigenvalue weighted by Crippen LogP contribution is 2.23. The zero-order valence-corrected chi connectivity index (χ0v) is 12.4. The Balaban J connectivity index is 1.91. The van der Waals surface area contributed by atoms with Crippen molar-refractivity contribution < 1.29 is 0 Å². The summed E-state index contributed by atoms with van der Waals surface area (Å²) in [4.78, 5) is 0. The van der Waals surface area contributed by atoms with Gasteiger partial charge in [-0.15, -0.1) is 0 Å². The Labute approximate surface area is 125 Å². The molecule has 20 heavy (non-hydrogen) atoms. The standard InChI is InChI=1S/C15H15BrN4/c16-12-6-4-11(5-7-12)9-14(19-17)13-10-18-20-8-2-1-3-15(13)20/h1-8,10,14,19H,9,17H2. The van der Waals surface area contributed by atoms with Crippen molar-refractivity contribution in [1.29, 1.82) is 0 Å². The van der Waals surface area contributed by atoms with Crippen molar-refractivity contribution in [3.05, 3.63) is 70.5 Å². The van der Waals surface area contributed by atoms with E-state index in [-0.39, 0.29) is 6.04 Å². The molecule has 3 rings (SSSR count). The molecular weight excluding hydrogens is 316 g/mol. The van der Waals surface area contributed by atoms with Crippen LogP contribution in [0.2, 0.25) is 0 Å². The molecule has 4 nitrogen and oxygen atoms in total. The van der Waals surface area contributed by atoms with Crippen LogP contribution in [0.4, 0.5) is 0 Å². The van der Waals surface area contributed by atoms with E-state index >= 15 is 0 Å². The molecule has 102 valence electrons. The maximum Gasteiger partial charge on any atom is 0.0710 e. The molecule has 0 amide bonds. The summed E-state index contributed by atoms with van der Waals surface area (Å²) in [6.07, 6.45) is 4.63. The average molecular weight is 331 g/mol. The minimum absolute atomic E-state index is 0.0380. The second kappa shape index (κ2) is 5.75. The number of nitrogens with zero attached hydrogens (tertiary/aromatic N) is 2. The van der Waals surface area contributed by atoms with Crippen molar-refractivity contribution in [2.24, 2.45) is 5.84 Å². The molecule has 0 radical (unpaired) electrons. The van der Waals surface area contributed by atoms with E-state index in [0.29, 0.717) is 0 Å². The van der Waals surface area contributed by atoms with E-state index < -0.39 is 0 Å². The summed E-state index contributed by atoms with van der Waals surface area (Å²) in [6, 6.07) is 14.3. The Morgan fingerprint density at radius 1 is 1.20 bits per heavy atom. The van der Waals surface area contributed by atoms with Gasteiger partial charge in [-0.1, -0.05) is 34.1 Å². The predicted molar refractivity (Wildman–Crippen MR) is 83.1 cm³/mol. The molecule has 0 aliphatic rings. The minimum atomic E-state index is 0.0380. The molecule has 1 aromatic carbocycles. The van der Waals surface area contributed by atoms with Crippen LogP contribution in [0.15, 0.2) is 59.3 Å². The molecule has 0 aliphatic carbocycles. The quantitative estimate of drug-likeness (QED) is 0.571. The summed E-state index contributed by atoms with van der Waals surface area (Å²) >= 11 is 3.45. The van der Waals surface area contributed by atoms with Gasteiger partial charge in [0.15, 0.2) is 0 Å². The number of nitrogens with two attached hydrogens (primary N) is 1. The zero-order chi connectivity index (χ0) is 13.9. The number of nitrogens with one attached hydrogen (secondary N) is 1. The lowest BCUT2D eigenvalue weighted by Crippen LogP contribution is -2.29. The molecule has 0 saturated heterocycles. The number of hydrogen-bond acceptors (Lipinski definition) is 3. The summed E-state index contributed by atoms with van der Waals surface area (Å²) in [5, 5.41) is 4.36. The van der Waals surface area contributed by atoms with Crippen LogP contribution in [0.25, 0.3) is 5.52 Å². The maximum absolute atomic E-state index is 5.74. The van der Waals surface area contributed by atoms with E-state index in [1.54, 1.807) is 0 Å². The van der Waals surface area contributed by atoms with Gasteiger partial charge < -0.3 is 0 Å². The van der Waals surface area contributed by atoms with Gasteiger partial charge in [0.1, 0.15) is 0 Å². The van der Waals surface area contributed by atoms with E-state index in [0.717, 1.165) is 22.0 Å². The monoisotopic (exact) mass is 330 g/mol. The van der Waals surface area contributed by atoms with Crippen molar-refractivity contribution in [2.45, 2.75) is 12.5 Å². The van der Waals surface area contributed by atoms with Gasteiger partial charge in [-0.25, -0.2) is 4.52 Å². The van der Waals surface area contributed by atoms with Crippen LogP contribution in [0, 0.1) is 0 Å². The number of fused-ring (bicyclic) bond motifs is 1. The Kier molecular flexibility index (Phi) is 3.82. The fourth-order valence-corrected chi connectivity index (χ4v) is 2.60. The third-order valence-corrected chi connectivity index (χ3v) is 3.91. The highest BCUT2D eigenvalue weighted by molar-refractivity contribution is 9.10. The summed E-state index contributed by atoms with van der Waals surface area (Å²) < 4.78 is 2.94. The highest BCUT2D eigenvalue weighted by Gasteiger charge is 2.15. The van der Waals surface area contributed by atoms with Gasteiger partial charge >= 0.3 is 0 Å². The molecule has 1 atom stereocenters. The lowest BCUT2D eigenvalue weighted by atomic mass is 10.0. The van der Waals surface area contributed by atoms with Crippen LogP contribution in [0.1, 0.15) is 17.2 Å². The predicted octanol–water partition coefficient (Wildman–Crippen LogP) is 2.84. The molecule has 3 aromatic rings. The van der Waals surface area contributed by atoms with Crippen LogP contribution >= 0.6 is 15.9 Å². The van der Waals surface area contributed by atoms with E-state index in [9.17, 15) is 0 Å². The van der Waals surface area contributed by atoms with Gasteiger partial charge in [-0.2, -0.15) is 5.10 Å². The molecular formula is C15H15BrN4. The lowest BCUT2D eigenvalue weighted by Gasteiger charge is -2.15. The van der Waals surface area contributed by atoms with Crippen LogP contribution < -0.4 is 11.3 Å². The Morgan fingerprint density at radius 2 is 2.00 bits per heavy atom. The van der Waals surface area contributed by atoms with Crippen molar-refractivity contribution in [3.63, 3.8) is 0 Å². The van der Waals surface area contributed by atoms with Gasteiger partial charge in [0.25, 0.3) is 0 Å². The van der Waals surface area contributed by atoms with Crippen LogP contribution in [0.5, 0.6) is 0 Å².